The summed E-state index contributed by atoms with van der Waals surface area (Å²) >= 11 is 0. The van der Waals surface area contributed by atoms with Crippen LogP contribution in [0, 0.1) is 17.8 Å². The molecule has 0 amide bonds. The molecular weight excluding hydrogens is 138 g/mol. The number of rotatable bonds is 0. The highest BCUT2D eigenvalue weighted by Gasteiger charge is 2.50. The summed E-state index contributed by atoms with van der Waals surface area (Å²) in [5.41, 5.74) is 1.20. The molecule has 0 spiro atoms. The maximum atomic E-state index is 5.36. The molecule has 11 heavy (non-hydrogen) atoms. The van der Waals surface area contributed by atoms with Crippen molar-refractivity contribution in [2.24, 2.45) is 22.9 Å². The van der Waals surface area contributed by atoms with Crippen molar-refractivity contribution in [3.8, 4) is 0 Å². The highest BCUT2D eigenvalue weighted by molar-refractivity contribution is 5.86. The van der Waals surface area contributed by atoms with E-state index in [4.69, 9.17) is 4.84 Å². The highest BCUT2D eigenvalue weighted by atomic mass is 16.6. The maximum Gasteiger partial charge on any atom is 0.142 e. The second kappa shape index (κ2) is 1.68. The molecule has 1 saturated carbocycles. The number of nitrogens with zero attached hydrogens (tertiary/aromatic N) is 1. The minimum absolute atomic E-state index is 0.394. The first-order chi connectivity index (χ1) is 5.36. The van der Waals surface area contributed by atoms with E-state index in [1.807, 2.05) is 0 Å². The summed E-state index contributed by atoms with van der Waals surface area (Å²) in [5, 5.41) is 4.04. The van der Waals surface area contributed by atoms with Gasteiger partial charge in [0, 0.05) is 11.8 Å². The highest BCUT2D eigenvalue weighted by Crippen LogP contribution is 2.48. The fourth-order valence-corrected chi connectivity index (χ4v) is 2.67. The van der Waals surface area contributed by atoms with Crippen molar-refractivity contribution in [2.75, 3.05) is 0 Å². The molecule has 1 aliphatic heterocycles. The Labute approximate surface area is 65.9 Å². The van der Waals surface area contributed by atoms with E-state index < -0.39 is 0 Å². The van der Waals surface area contributed by atoms with E-state index >= 15 is 0 Å². The second-order valence-electron chi connectivity index (χ2n) is 3.78. The summed E-state index contributed by atoms with van der Waals surface area (Å²) in [6, 6.07) is 0. The zero-order valence-electron chi connectivity index (χ0n) is 6.53. The SMILES string of the molecule is CC1=NO[C@H]2[C@@H]1[C@@H]1C=C[C@H]2C1. The molecule has 58 valence electrons. The normalized spacial score (nSPS) is 50.8. The van der Waals surface area contributed by atoms with Gasteiger partial charge in [0.25, 0.3) is 0 Å². The number of oxime groups is 1. The molecule has 0 aromatic carbocycles. The zero-order chi connectivity index (χ0) is 7.42. The van der Waals surface area contributed by atoms with Crippen LogP contribution in [0.3, 0.4) is 0 Å². The van der Waals surface area contributed by atoms with E-state index in [2.05, 4.69) is 24.2 Å². The lowest BCUT2D eigenvalue weighted by molar-refractivity contribution is 0.0504. The number of hydrogen-bond donors (Lipinski definition) is 0. The summed E-state index contributed by atoms with van der Waals surface area (Å²) in [6.45, 7) is 2.08. The van der Waals surface area contributed by atoms with Gasteiger partial charge in [-0.1, -0.05) is 17.3 Å². The Bertz CT molecular complexity index is 256. The molecule has 0 unspecified atom stereocenters. The van der Waals surface area contributed by atoms with E-state index in [-0.39, 0.29) is 0 Å². The van der Waals surface area contributed by atoms with Crippen molar-refractivity contribution < 1.29 is 4.84 Å². The van der Waals surface area contributed by atoms with E-state index in [1.54, 1.807) is 0 Å². The van der Waals surface area contributed by atoms with Crippen LogP contribution in [0.4, 0.5) is 0 Å². The first-order valence-corrected chi connectivity index (χ1v) is 4.25. The third-order valence-electron chi connectivity index (χ3n) is 3.19. The lowest BCUT2D eigenvalue weighted by atomic mass is 9.88. The average Bonchev–Trinajstić information content (AvgIpc) is 2.60. The molecule has 1 fully saturated rings. The first-order valence-electron chi connectivity index (χ1n) is 4.25. The van der Waals surface area contributed by atoms with Crippen LogP contribution in [0.1, 0.15) is 13.3 Å². The van der Waals surface area contributed by atoms with Gasteiger partial charge in [-0.15, -0.1) is 0 Å². The fourth-order valence-electron chi connectivity index (χ4n) is 2.67. The van der Waals surface area contributed by atoms with Crippen LogP contribution >= 0.6 is 0 Å². The molecule has 0 aromatic heterocycles. The molecule has 2 heteroatoms. The van der Waals surface area contributed by atoms with Crippen LogP contribution < -0.4 is 0 Å². The molecule has 0 saturated heterocycles. The van der Waals surface area contributed by atoms with Crippen LogP contribution in [-0.2, 0) is 4.84 Å². The van der Waals surface area contributed by atoms with Crippen molar-refractivity contribution in [1.29, 1.82) is 0 Å². The summed E-state index contributed by atoms with van der Waals surface area (Å²) in [5.74, 6) is 2.01. The van der Waals surface area contributed by atoms with Crippen LogP contribution in [0.15, 0.2) is 17.3 Å². The molecule has 0 radical (unpaired) electrons. The molecule has 3 aliphatic rings. The van der Waals surface area contributed by atoms with Gasteiger partial charge in [-0.2, -0.15) is 0 Å². The second-order valence-corrected chi connectivity index (χ2v) is 3.78. The van der Waals surface area contributed by atoms with E-state index in [0.29, 0.717) is 17.9 Å². The van der Waals surface area contributed by atoms with Crippen molar-refractivity contribution >= 4 is 5.71 Å². The van der Waals surface area contributed by atoms with Gasteiger partial charge in [-0.3, -0.25) is 0 Å². The monoisotopic (exact) mass is 149 g/mol. The minimum atomic E-state index is 0.394. The Kier molecular flexibility index (Phi) is 0.888. The predicted molar refractivity (Wildman–Crippen MR) is 42.2 cm³/mol. The number of hydrogen-bond acceptors (Lipinski definition) is 2. The summed E-state index contributed by atoms with van der Waals surface area (Å²) < 4.78 is 0. The summed E-state index contributed by atoms with van der Waals surface area (Å²) in [7, 11) is 0. The third kappa shape index (κ3) is 0.561. The third-order valence-corrected chi connectivity index (χ3v) is 3.19. The van der Waals surface area contributed by atoms with Crippen LogP contribution in [0.2, 0.25) is 0 Å². The summed E-state index contributed by atoms with van der Waals surface area (Å²) in [6.07, 6.45) is 6.31. The van der Waals surface area contributed by atoms with E-state index in [0.717, 1.165) is 5.92 Å². The smallest absolute Gasteiger partial charge is 0.142 e. The number of allylic oxidation sites excluding steroid dienone is 1. The summed E-state index contributed by atoms with van der Waals surface area (Å²) in [4.78, 5) is 5.36. The van der Waals surface area contributed by atoms with Gasteiger partial charge >= 0.3 is 0 Å². The Morgan fingerprint density at radius 2 is 2.27 bits per heavy atom. The van der Waals surface area contributed by atoms with Crippen molar-refractivity contribution in [2.45, 2.75) is 19.4 Å². The van der Waals surface area contributed by atoms with E-state index in [1.165, 1.54) is 12.1 Å². The van der Waals surface area contributed by atoms with Gasteiger partial charge in [0.1, 0.15) is 6.10 Å². The lowest BCUT2D eigenvalue weighted by Crippen LogP contribution is -2.25. The number of fused-ring (bicyclic) bond motifs is 5. The van der Waals surface area contributed by atoms with Gasteiger partial charge in [0.15, 0.2) is 0 Å². The van der Waals surface area contributed by atoms with E-state index in [9.17, 15) is 0 Å². The molecule has 1 heterocycles. The molecule has 3 rings (SSSR count). The van der Waals surface area contributed by atoms with Gasteiger partial charge in [-0.05, 0) is 19.3 Å². The van der Waals surface area contributed by atoms with Gasteiger partial charge < -0.3 is 4.84 Å². The lowest BCUT2D eigenvalue weighted by Gasteiger charge is -2.17. The van der Waals surface area contributed by atoms with Crippen molar-refractivity contribution in [3.05, 3.63) is 12.2 Å². The van der Waals surface area contributed by atoms with Crippen molar-refractivity contribution in [3.63, 3.8) is 0 Å². The fraction of sp³-hybridized carbons (Fsp3) is 0.667. The maximum absolute atomic E-state index is 5.36. The largest absolute Gasteiger partial charge is 0.391 e. The van der Waals surface area contributed by atoms with Crippen LogP contribution in [-0.4, -0.2) is 11.8 Å². The van der Waals surface area contributed by atoms with Crippen LogP contribution in [0.5, 0.6) is 0 Å². The molecule has 2 nitrogen and oxygen atoms in total. The van der Waals surface area contributed by atoms with Gasteiger partial charge in [0.2, 0.25) is 0 Å². The molecular formula is C9H11NO. The molecule has 2 bridgehead atoms. The molecule has 0 N–H and O–H groups in total. The Hall–Kier alpha value is -0.790. The topological polar surface area (TPSA) is 21.6 Å². The van der Waals surface area contributed by atoms with Crippen LogP contribution in [0.25, 0.3) is 0 Å². The Morgan fingerprint density at radius 1 is 1.45 bits per heavy atom. The van der Waals surface area contributed by atoms with Gasteiger partial charge in [-0.25, -0.2) is 0 Å². The van der Waals surface area contributed by atoms with Crippen molar-refractivity contribution in [1.82, 2.24) is 0 Å². The zero-order valence-corrected chi connectivity index (χ0v) is 6.53. The standard InChI is InChI=1S/C9H11NO/c1-5-8-6-2-3-7(4-6)9(8)11-10-5/h2-3,6-9H,4H2,1H3/t6-,7+,8+,9-/m1/s1. The minimum Gasteiger partial charge on any atom is -0.391 e. The average molecular weight is 149 g/mol. The quantitative estimate of drug-likeness (QED) is 0.479. The Morgan fingerprint density at radius 3 is 3.09 bits per heavy atom. The first kappa shape index (κ1) is 5.81. The molecule has 2 aliphatic carbocycles. The molecule has 0 aromatic rings. The Balaban J connectivity index is 2.03. The predicted octanol–water partition coefficient (Wildman–Crippen LogP) is 1.58. The van der Waals surface area contributed by atoms with Gasteiger partial charge in [0.05, 0.1) is 5.71 Å². The molecule has 4 atom stereocenters.